The first kappa shape index (κ1) is 26.2. The van der Waals surface area contributed by atoms with Gasteiger partial charge in [-0.15, -0.1) is 12.4 Å². The Hall–Kier alpha value is -0.760. The van der Waals surface area contributed by atoms with Crippen LogP contribution in [0, 0.1) is 0 Å². The van der Waals surface area contributed by atoms with E-state index in [-0.39, 0.29) is 12.4 Å². The van der Waals surface area contributed by atoms with E-state index in [1.165, 1.54) is 109 Å². The number of hydrogen-bond acceptors (Lipinski definition) is 2. The second-order valence-corrected chi connectivity index (χ2v) is 7.80. The minimum Gasteiger partial charge on any atom is -0.370 e. The average molecular weight is 397 g/mol. The number of hydrogen-bond donors (Lipinski definition) is 1. The molecule has 0 saturated heterocycles. The SMILES string of the molecule is CCCCCCCCCCCCCCCCCCCNc1ccccn1.Cl. The van der Waals surface area contributed by atoms with Gasteiger partial charge < -0.3 is 5.32 Å². The highest BCUT2D eigenvalue weighted by Crippen LogP contribution is 2.14. The van der Waals surface area contributed by atoms with Crippen LogP contribution in [0.4, 0.5) is 5.82 Å². The third-order valence-corrected chi connectivity index (χ3v) is 5.25. The summed E-state index contributed by atoms with van der Waals surface area (Å²) in [6, 6.07) is 6.03. The molecule has 0 aliphatic rings. The van der Waals surface area contributed by atoms with Gasteiger partial charge >= 0.3 is 0 Å². The van der Waals surface area contributed by atoms with Crippen LogP contribution in [-0.4, -0.2) is 11.5 Å². The number of aromatic nitrogens is 1. The molecule has 1 rings (SSSR count). The summed E-state index contributed by atoms with van der Waals surface area (Å²) >= 11 is 0. The number of nitrogens with zero attached hydrogens (tertiary/aromatic N) is 1. The van der Waals surface area contributed by atoms with Crippen LogP contribution in [0.5, 0.6) is 0 Å². The molecular weight excluding hydrogens is 352 g/mol. The van der Waals surface area contributed by atoms with Gasteiger partial charge in [0.2, 0.25) is 0 Å². The van der Waals surface area contributed by atoms with Gasteiger partial charge in [0.15, 0.2) is 0 Å². The molecule has 0 saturated carbocycles. The predicted molar refractivity (Wildman–Crippen MR) is 124 cm³/mol. The van der Waals surface area contributed by atoms with Crippen LogP contribution in [0.3, 0.4) is 0 Å². The second kappa shape index (κ2) is 21.5. The van der Waals surface area contributed by atoms with Gasteiger partial charge in [0.1, 0.15) is 5.82 Å². The molecule has 0 unspecified atom stereocenters. The molecule has 1 heterocycles. The molecule has 0 fully saturated rings. The molecule has 1 N–H and O–H groups in total. The molecule has 0 aliphatic heterocycles. The van der Waals surface area contributed by atoms with Crippen molar-refractivity contribution in [2.24, 2.45) is 0 Å². The number of halogens is 1. The summed E-state index contributed by atoms with van der Waals surface area (Å²) in [7, 11) is 0. The van der Waals surface area contributed by atoms with Gasteiger partial charge in [-0.25, -0.2) is 4.98 Å². The summed E-state index contributed by atoms with van der Waals surface area (Å²) in [5, 5.41) is 3.39. The third-order valence-electron chi connectivity index (χ3n) is 5.25. The van der Waals surface area contributed by atoms with Crippen molar-refractivity contribution in [2.45, 2.75) is 116 Å². The van der Waals surface area contributed by atoms with Crippen molar-refractivity contribution in [2.75, 3.05) is 11.9 Å². The minimum absolute atomic E-state index is 0. The van der Waals surface area contributed by atoms with Crippen LogP contribution in [0.2, 0.25) is 0 Å². The first-order valence-corrected chi connectivity index (χ1v) is 11.6. The first-order valence-electron chi connectivity index (χ1n) is 11.6. The van der Waals surface area contributed by atoms with Crippen LogP contribution in [0.1, 0.15) is 116 Å². The number of unbranched alkanes of at least 4 members (excludes halogenated alkanes) is 16. The lowest BCUT2D eigenvalue weighted by Crippen LogP contribution is -2.02. The fourth-order valence-electron chi connectivity index (χ4n) is 3.53. The van der Waals surface area contributed by atoms with Crippen LogP contribution < -0.4 is 5.32 Å². The fraction of sp³-hybridized carbons (Fsp3) is 0.792. The number of anilines is 1. The van der Waals surface area contributed by atoms with Crippen LogP contribution in [-0.2, 0) is 0 Å². The Morgan fingerprint density at radius 2 is 1.07 bits per heavy atom. The van der Waals surface area contributed by atoms with Crippen molar-refractivity contribution < 1.29 is 0 Å². The standard InChI is InChI=1S/C24H44N2.ClH/c1-2-3-4-5-6-7-8-9-10-11-12-13-14-15-16-17-19-22-25-24-21-18-20-23-26-24;/h18,20-21,23H,2-17,19,22H2,1H3,(H,25,26);1H. The van der Waals surface area contributed by atoms with E-state index in [1.807, 2.05) is 24.4 Å². The summed E-state index contributed by atoms with van der Waals surface area (Å²) in [6.07, 6.45) is 26.1. The number of rotatable bonds is 19. The fourth-order valence-corrected chi connectivity index (χ4v) is 3.53. The summed E-state index contributed by atoms with van der Waals surface area (Å²) < 4.78 is 0. The lowest BCUT2D eigenvalue weighted by molar-refractivity contribution is 0.528. The molecule has 0 aromatic carbocycles. The molecular formula is C24H45ClN2. The van der Waals surface area contributed by atoms with E-state index in [0.29, 0.717) is 0 Å². The largest absolute Gasteiger partial charge is 0.370 e. The van der Waals surface area contributed by atoms with E-state index in [0.717, 1.165) is 12.4 Å². The minimum atomic E-state index is 0. The monoisotopic (exact) mass is 396 g/mol. The summed E-state index contributed by atoms with van der Waals surface area (Å²) in [5.41, 5.74) is 0. The third kappa shape index (κ3) is 18.4. The normalized spacial score (nSPS) is 10.6. The molecule has 0 aliphatic carbocycles. The van der Waals surface area contributed by atoms with E-state index in [1.54, 1.807) is 0 Å². The quantitative estimate of drug-likeness (QED) is 0.237. The lowest BCUT2D eigenvalue weighted by atomic mass is 10.0. The zero-order valence-electron chi connectivity index (χ0n) is 17.9. The van der Waals surface area contributed by atoms with Crippen LogP contribution in [0.25, 0.3) is 0 Å². The number of pyridine rings is 1. The molecule has 2 nitrogen and oxygen atoms in total. The van der Waals surface area contributed by atoms with Gasteiger partial charge in [-0.1, -0.05) is 116 Å². The maximum absolute atomic E-state index is 4.28. The molecule has 3 heteroatoms. The van der Waals surface area contributed by atoms with Gasteiger partial charge in [-0.3, -0.25) is 0 Å². The highest BCUT2D eigenvalue weighted by atomic mass is 35.5. The molecule has 0 atom stereocenters. The van der Waals surface area contributed by atoms with Crippen molar-refractivity contribution in [1.82, 2.24) is 4.98 Å². The first-order chi connectivity index (χ1) is 12.9. The van der Waals surface area contributed by atoms with E-state index in [9.17, 15) is 0 Å². The molecule has 0 bridgehead atoms. The Balaban J connectivity index is 0.00000676. The average Bonchev–Trinajstić information content (AvgIpc) is 2.68. The Morgan fingerprint density at radius 1 is 0.630 bits per heavy atom. The van der Waals surface area contributed by atoms with E-state index in [2.05, 4.69) is 17.2 Å². The maximum Gasteiger partial charge on any atom is 0.125 e. The van der Waals surface area contributed by atoms with E-state index in [4.69, 9.17) is 0 Å². The lowest BCUT2D eigenvalue weighted by Gasteiger charge is -2.05. The van der Waals surface area contributed by atoms with Crippen molar-refractivity contribution in [1.29, 1.82) is 0 Å². The molecule has 1 aromatic heterocycles. The Kier molecular flexibility index (Phi) is 20.9. The van der Waals surface area contributed by atoms with Gasteiger partial charge in [0.25, 0.3) is 0 Å². The summed E-state index contributed by atoms with van der Waals surface area (Å²) in [5.74, 6) is 1.00. The molecule has 0 amide bonds. The van der Waals surface area contributed by atoms with Gasteiger partial charge in [-0.2, -0.15) is 0 Å². The zero-order valence-corrected chi connectivity index (χ0v) is 18.7. The van der Waals surface area contributed by atoms with Gasteiger partial charge in [-0.05, 0) is 18.6 Å². The maximum atomic E-state index is 4.28. The smallest absolute Gasteiger partial charge is 0.125 e. The number of nitrogens with one attached hydrogen (secondary N) is 1. The van der Waals surface area contributed by atoms with Crippen molar-refractivity contribution >= 4 is 18.2 Å². The van der Waals surface area contributed by atoms with Crippen molar-refractivity contribution in [3.05, 3.63) is 24.4 Å². The zero-order chi connectivity index (χ0) is 18.5. The van der Waals surface area contributed by atoms with E-state index >= 15 is 0 Å². The van der Waals surface area contributed by atoms with Crippen LogP contribution >= 0.6 is 12.4 Å². The van der Waals surface area contributed by atoms with Crippen molar-refractivity contribution in [3.63, 3.8) is 0 Å². The summed E-state index contributed by atoms with van der Waals surface area (Å²) in [4.78, 5) is 4.28. The van der Waals surface area contributed by atoms with Crippen LogP contribution in [0.15, 0.2) is 24.4 Å². The Bertz CT molecular complexity index is 383. The van der Waals surface area contributed by atoms with Gasteiger partial charge in [0, 0.05) is 12.7 Å². The molecule has 0 spiro atoms. The molecule has 0 radical (unpaired) electrons. The highest BCUT2D eigenvalue weighted by Gasteiger charge is 1.95. The predicted octanol–water partition coefficient (Wildman–Crippen LogP) is 8.57. The molecule has 27 heavy (non-hydrogen) atoms. The highest BCUT2D eigenvalue weighted by molar-refractivity contribution is 5.85. The Morgan fingerprint density at radius 3 is 1.48 bits per heavy atom. The molecule has 1 aromatic rings. The topological polar surface area (TPSA) is 24.9 Å². The van der Waals surface area contributed by atoms with Gasteiger partial charge in [0.05, 0.1) is 0 Å². The Labute approximate surface area is 175 Å². The summed E-state index contributed by atoms with van der Waals surface area (Å²) in [6.45, 7) is 3.35. The molecule has 158 valence electrons. The van der Waals surface area contributed by atoms with Crippen molar-refractivity contribution in [3.8, 4) is 0 Å². The van der Waals surface area contributed by atoms with E-state index < -0.39 is 0 Å². The second-order valence-electron chi connectivity index (χ2n) is 7.80.